The first-order valence-corrected chi connectivity index (χ1v) is 7.11. The summed E-state index contributed by atoms with van der Waals surface area (Å²) in [4.78, 5) is 9.17. The van der Waals surface area contributed by atoms with Gasteiger partial charge in [-0.3, -0.25) is 0 Å². The van der Waals surface area contributed by atoms with Gasteiger partial charge in [-0.1, -0.05) is 26.0 Å². The molecule has 0 radical (unpaired) electrons. The van der Waals surface area contributed by atoms with Crippen LogP contribution in [0.15, 0.2) is 24.3 Å². The van der Waals surface area contributed by atoms with Gasteiger partial charge in [0.05, 0.1) is 12.2 Å². The zero-order valence-electron chi connectivity index (χ0n) is 13.0. The molecule has 1 aromatic carbocycles. The molecule has 20 heavy (non-hydrogen) atoms. The summed E-state index contributed by atoms with van der Waals surface area (Å²) in [6.07, 6.45) is 0. The monoisotopic (exact) mass is 269 g/mol. The van der Waals surface area contributed by atoms with Crippen LogP contribution in [0.2, 0.25) is 0 Å². The van der Waals surface area contributed by atoms with Crippen molar-refractivity contribution in [3.8, 4) is 11.3 Å². The van der Waals surface area contributed by atoms with Gasteiger partial charge in [-0.05, 0) is 44.0 Å². The second kappa shape index (κ2) is 6.14. The van der Waals surface area contributed by atoms with Crippen LogP contribution in [0.1, 0.15) is 36.5 Å². The Morgan fingerprint density at radius 3 is 2.40 bits per heavy atom. The fraction of sp³-hybridized carbons (Fsp3) is 0.412. The lowest BCUT2D eigenvalue weighted by Gasteiger charge is -2.10. The van der Waals surface area contributed by atoms with Crippen LogP contribution in [-0.4, -0.2) is 16.0 Å². The highest BCUT2D eigenvalue weighted by molar-refractivity contribution is 5.61. The Balaban J connectivity index is 2.33. The Labute approximate surface area is 121 Å². The van der Waals surface area contributed by atoms with Gasteiger partial charge < -0.3 is 5.32 Å². The van der Waals surface area contributed by atoms with Crippen LogP contribution in [0.4, 0.5) is 0 Å². The molecular formula is C17H23N3. The van der Waals surface area contributed by atoms with Crippen molar-refractivity contribution in [3.63, 3.8) is 0 Å². The van der Waals surface area contributed by atoms with E-state index in [1.165, 1.54) is 11.1 Å². The summed E-state index contributed by atoms with van der Waals surface area (Å²) >= 11 is 0. The molecule has 0 aliphatic carbocycles. The molecular weight excluding hydrogens is 246 g/mol. The van der Waals surface area contributed by atoms with Crippen molar-refractivity contribution in [1.29, 1.82) is 0 Å². The molecule has 3 nitrogen and oxygen atoms in total. The maximum absolute atomic E-state index is 4.67. The molecule has 3 heteroatoms. The SMILES string of the molecule is Cc1cc(-c2ccc(C)c(C)c2)nc(CNC(C)C)n1. The van der Waals surface area contributed by atoms with E-state index < -0.39 is 0 Å². The molecule has 0 bridgehead atoms. The van der Waals surface area contributed by atoms with E-state index in [1.54, 1.807) is 0 Å². The lowest BCUT2D eigenvalue weighted by atomic mass is 10.0. The van der Waals surface area contributed by atoms with Crippen molar-refractivity contribution >= 4 is 0 Å². The number of benzene rings is 1. The summed E-state index contributed by atoms with van der Waals surface area (Å²) in [5, 5.41) is 3.36. The third-order valence-corrected chi connectivity index (χ3v) is 3.37. The number of aryl methyl sites for hydroxylation is 3. The average Bonchev–Trinajstić information content (AvgIpc) is 2.39. The minimum atomic E-state index is 0.434. The van der Waals surface area contributed by atoms with Crippen molar-refractivity contribution < 1.29 is 0 Å². The quantitative estimate of drug-likeness (QED) is 0.922. The number of hydrogen-bond donors (Lipinski definition) is 1. The molecule has 106 valence electrons. The summed E-state index contributed by atoms with van der Waals surface area (Å²) in [7, 11) is 0. The van der Waals surface area contributed by atoms with Crippen LogP contribution in [0.3, 0.4) is 0 Å². The van der Waals surface area contributed by atoms with Gasteiger partial charge in [0.2, 0.25) is 0 Å². The molecule has 1 aromatic heterocycles. The van der Waals surface area contributed by atoms with Crippen molar-refractivity contribution in [2.45, 2.75) is 47.2 Å². The van der Waals surface area contributed by atoms with E-state index >= 15 is 0 Å². The summed E-state index contributed by atoms with van der Waals surface area (Å²) in [5.74, 6) is 0.854. The molecule has 2 aromatic rings. The number of rotatable bonds is 4. The van der Waals surface area contributed by atoms with Crippen LogP contribution in [0.25, 0.3) is 11.3 Å². The molecule has 0 spiro atoms. The fourth-order valence-corrected chi connectivity index (χ4v) is 2.05. The highest BCUT2D eigenvalue weighted by Crippen LogP contribution is 2.21. The van der Waals surface area contributed by atoms with E-state index in [0.29, 0.717) is 12.6 Å². The standard InChI is InChI=1S/C17H23N3/c1-11(2)18-10-17-19-14(5)9-16(20-17)15-7-6-12(3)13(4)8-15/h6-9,11,18H,10H2,1-5H3. The highest BCUT2D eigenvalue weighted by atomic mass is 15.0. The molecule has 2 rings (SSSR count). The van der Waals surface area contributed by atoms with E-state index in [4.69, 9.17) is 0 Å². The Bertz CT molecular complexity index is 603. The minimum Gasteiger partial charge on any atom is -0.308 e. The average molecular weight is 269 g/mol. The lowest BCUT2D eigenvalue weighted by molar-refractivity contribution is 0.571. The topological polar surface area (TPSA) is 37.8 Å². The minimum absolute atomic E-state index is 0.434. The molecule has 0 saturated heterocycles. The van der Waals surface area contributed by atoms with Crippen molar-refractivity contribution in [2.24, 2.45) is 0 Å². The Kier molecular flexibility index (Phi) is 4.50. The van der Waals surface area contributed by atoms with Gasteiger partial charge in [0.1, 0.15) is 5.82 Å². The van der Waals surface area contributed by atoms with Crippen LogP contribution >= 0.6 is 0 Å². The van der Waals surface area contributed by atoms with E-state index in [0.717, 1.165) is 22.8 Å². The van der Waals surface area contributed by atoms with Crippen LogP contribution in [0.5, 0.6) is 0 Å². The van der Waals surface area contributed by atoms with E-state index in [9.17, 15) is 0 Å². The zero-order chi connectivity index (χ0) is 14.7. The lowest BCUT2D eigenvalue weighted by Crippen LogP contribution is -2.23. The predicted molar refractivity (Wildman–Crippen MR) is 83.7 cm³/mol. The molecule has 0 atom stereocenters. The highest BCUT2D eigenvalue weighted by Gasteiger charge is 2.06. The van der Waals surface area contributed by atoms with Crippen molar-refractivity contribution in [3.05, 3.63) is 46.9 Å². The molecule has 0 aliphatic rings. The van der Waals surface area contributed by atoms with Crippen LogP contribution in [0, 0.1) is 20.8 Å². The summed E-state index contributed by atoms with van der Waals surface area (Å²) in [5.41, 5.74) is 5.76. The van der Waals surface area contributed by atoms with Gasteiger partial charge >= 0.3 is 0 Å². The summed E-state index contributed by atoms with van der Waals surface area (Å²) < 4.78 is 0. The van der Waals surface area contributed by atoms with Crippen LogP contribution in [-0.2, 0) is 6.54 Å². The molecule has 0 amide bonds. The molecule has 0 unspecified atom stereocenters. The first-order chi connectivity index (χ1) is 9.45. The maximum atomic E-state index is 4.67. The summed E-state index contributed by atoms with van der Waals surface area (Å²) in [6, 6.07) is 8.95. The van der Waals surface area contributed by atoms with Crippen molar-refractivity contribution in [2.75, 3.05) is 0 Å². The molecule has 0 aliphatic heterocycles. The van der Waals surface area contributed by atoms with Gasteiger partial charge in [-0.2, -0.15) is 0 Å². The van der Waals surface area contributed by atoms with Gasteiger partial charge in [-0.25, -0.2) is 9.97 Å². The zero-order valence-corrected chi connectivity index (χ0v) is 13.0. The van der Waals surface area contributed by atoms with Gasteiger partial charge in [-0.15, -0.1) is 0 Å². The molecule has 0 saturated carbocycles. The Hall–Kier alpha value is -1.74. The summed E-state index contributed by atoms with van der Waals surface area (Å²) in [6.45, 7) is 11.2. The normalized spacial score (nSPS) is 11.1. The number of aromatic nitrogens is 2. The van der Waals surface area contributed by atoms with E-state index in [-0.39, 0.29) is 0 Å². The molecule has 1 heterocycles. The molecule has 1 N–H and O–H groups in total. The number of nitrogens with one attached hydrogen (secondary N) is 1. The third-order valence-electron chi connectivity index (χ3n) is 3.37. The maximum Gasteiger partial charge on any atom is 0.143 e. The van der Waals surface area contributed by atoms with Gasteiger partial charge in [0, 0.05) is 17.3 Å². The first-order valence-electron chi connectivity index (χ1n) is 7.11. The molecule has 0 fully saturated rings. The first kappa shape index (κ1) is 14.7. The van der Waals surface area contributed by atoms with Crippen LogP contribution < -0.4 is 5.32 Å². The number of nitrogens with zero attached hydrogens (tertiary/aromatic N) is 2. The third kappa shape index (κ3) is 3.64. The second-order valence-corrected chi connectivity index (χ2v) is 5.65. The van der Waals surface area contributed by atoms with Crippen molar-refractivity contribution in [1.82, 2.24) is 15.3 Å². The Morgan fingerprint density at radius 1 is 1.00 bits per heavy atom. The fourth-order valence-electron chi connectivity index (χ4n) is 2.05. The Morgan fingerprint density at radius 2 is 1.75 bits per heavy atom. The van der Waals surface area contributed by atoms with E-state index in [2.05, 4.69) is 61.2 Å². The van der Waals surface area contributed by atoms with Gasteiger partial charge in [0.25, 0.3) is 0 Å². The van der Waals surface area contributed by atoms with Gasteiger partial charge in [0.15, 0.2) is 0 Å². The smallest absolute Gasteiger partial charge is 0.143 e. The largest absolute Gasteiger partial charge is 0.308 e. The second-order valence-electron chi connectivity index (χ2n) is 5.65. The number of hydrogen-bond acceptors (Lipinski definition) is 3. The predicted octanol–water partition coefficient (Wildman–Crippen LogP) is 3.57. The van der Waals surface area contributed by atoms with E-state index in [1.807, 2.05) is 13.0 Å².